The summed E-state index contributed by atoms with van der Waals surface area (Å²) in [5.41, 5.74) is 9.68. The molecule has 2 aromatic heterocycles. The lowest BCUT2D eigenvalue weighted by molar-refractivity contribution is 0.766. The molecule has 0 atom stereocenters. The maximum Gasteiger partial charge on any atom is 0.121 e. The number of fused-ring (bicyclic) bond motifs is 6. The molecule has 4 nitrogen and oxygen atoms in total. The van der Waals surface area contributed by atoms with Gasteiger partial charge in [-0.1, -0.05) is 121 Å². The van der Waals surface area contributed by atoms with Crippen LogP contribution >= 0.6 is 0 Å². The Morgan fingerprint density at radius 1 is 0.388 bits per heavy atom. The van der Waals surface area contributed by atoms with Gasteiger partial charge in [-0.15, -0.1) is 10.2 Å². The first-order valence-corrected chi connectivity index (χ1v) is 16.5. The van der Waals surface area contributed by atoms with Crippen LogP contribution in [0.2, 0.25) is 0 Å². The zero-order valence-corrected chi connectivity index (χ0v) is 26.5. The van der Waals surface area contributed by atoms with Crippen LogP contribution in [0.5, 0.6) is 0 Å². The van der Waals surface area contributed by atoms with E-state index in [2.05, 4.69) is 151 Å². The molecule has 0 unspecified atom stereocenters. The van der Waals surface area contributed by atoms with Crippen molar-refractivity contribution in [2.45, 2.75) is 0 Å². The van der Waals surface area contributed by atoms with Gasteiger partial charge in [0.25, 0.3) is 0 Å². The third kappa shape index (κ3) is 4.42. The second-order valence-corrected chi connectivity index (χ2v) is 12.5. The molecule has 0 saturated carbocycles. The third-order valence-electron chi connectivity index (χ3n) is 9.72. The minimum atomic E-state index is 0.856. The fourth-order valence-corrected chi connectivity index (χ4v) is 7.50. The largest absolute Gasteiger partial charge is 0.265 e. The lowest BCUT2D eigenvalue weighted by atomic mass is 9.84. The van der Waals surface area contributed by atoms with Crippen molar-refractivity contribution in [3.63, 3.8) is 0 Å². The van der Waals surface area contributed by atoms with E-state index in [-0.39, 0.29) is 0 Å². The number of nitrogens with zero attached hydrogens (tertiary/aromatic N) is 4. The fourth-order valence-electron chi connectivity index (χ4n) is 7.50. The summed E-state index contributed by atoms with van der Waals surface area (Å²) < 4.78 is 0. The van der Waals surface area contributed by atoms with E-state index in [1.807, 2.05) is 24.5 Å². The number of benzene rings is 8. The topological polar surface area (TPSA) is 43.6 Å². The molecule has 4 heteroatoms. The first kappa shape index (κ1) is 27.5. The van der Waals surface area contributed by atoms with Gasteiger partial charge in [-0.3, -0.25) is 4.98 Å². The molecule has 49 heavy (non-hydrogen) atoms. The molecule has 0 N–H and O–H groups in total. The van der Waals surface area contributed by atoms with E-state index in [9.17, 15) is 0 Å². The fraction of sp³-hybridized carbons (Fsp3) is 0. The van der Waals surface area contributed by atoms with Gasteiger partial charge >= 0.3 is 0 Å². The molecule has 10 rings (SSSR count). The minimum absolute atomic E-state index is 0.856. The molecule has 2 heterocycles. The van der Waals surface area contributed by atoms with E-state index in [1.165, 1.54) is 49.0 Å². The van der Waals surface area contributed by atoms with Gasteiger partial charge in [0.15, 0.2) is 0 Å². The van der Waals surface area contributed by atoms with Crippen LogP contribution in [0.3, 0.4) is 0 Å². The van der Waals surface area contributed by atoms with Crippen molar-refractivity contribution in [1.82, 2.24) is 20.0 Å². The zero-order chi connectivity index (χ0) is 32.3. The molecule has 0 bridgehead atoms. The Labute approximate surface area is 282 Å². The number of hydrogen-bond acceptors (Lipinski definition) is 3. The van der Waals surface area contributed by atoms with Crippen molar-refractivity contribution >= 4 is 54.1 Å². The summed E-state index contributed by atoms with van der Waals surface area (Å²) >= 11 is 0. The van der Waals surface area contributed by atoms with E-state index in [1.54, 1.807) is 4.80 Å². The highest BCUT2D eigenvalue weighted by Crippen LogP contribution is 2.46. The summed E-state index contributed by atoms with van der Waals surface area (Å²) in [5, 5.41) is 19.8. The van der Waals surface area contributed by atoms with Gasteiger partial charge in [-0.05, 0) is 107 Å². The third-order valence-corrected chi connectivity index (χ3v) is 9.72. The van der Waals surface area contributed by atoms with Crippen molar-refractivity contribution in [3.8, 4) is 39.1 Å². The van der Waals surface area contributed by atoms with E-state index in [4.69, 9.17) is 10.2 Å². The number of pyridine rings is 1. The van der Waals surface area contributed by atoms with Crippen LogP contribution in [0.4, 0.5) is 0 Å². The SMILES string of the molecule is c1cc(-c2ccncc2)cc(-n2nc3cc(-c4c5ccccc5c(-c5ccc6ccccc6c5)c5ccccc45)c4ccccc4c3n2)c1. The molecule has 0 aliphatic heterocycles. The summed E-state index contributed by atoms with van der Waals surface area (Å²) in [6.07, 6.45) is 3.63. The Kier molecular flexibility index (Phi) is 6.15. The predicted molar refractivity (Wildman–Crippen MR) is 203 cm³/mol. The van der Waals surface area contributed by atoms with Crippen LogP contribution < -0.4 is 0 Å². The second-order valence-electron chi connectivity index (χ2n) is 12.5. The lowest BCUT2D eigenvalue weighted by Gasteiger charge is -2.19. The number of hydrogen-bond donors (Lipinski definition) is 0. The molecule has 0 spiro atoms. The predicted octanol–water partition coefficient (Wildman–Crippen LogP) is 11.4. The van der Waals surface area contributed by atoms with Crippen LogP contribution in [0, 0.1) is 0 Å². The molecule has 0 aliphatic carbocycles. The normalized spacial score (nSPS) is 11.7. The Morgan fingerprint density at radius 2 is 1.02 bits per heavy atom. The van der Waals surface area contributed by atoms with Crippen LogP contribution in [0.25, 0.3) is 93.2 Å². The van der Waals surface area contributed by atoms with Crippen molar-refractivity contribution in [1.29, 1.82) is 0 Å². The lowest BCUT2D eigenvalue weighted by Crippen LogP contribution is -1.98. The van der Waals surface area contributed by atoms with Crippen molar-refractivity contribution in [3.05, 3.63) is 170 Å². The van der Waals surface area contributed by atoms with Crippen LogP contribution in [0.1, 0.15) is 0 Å². The van der Waals surface area contributed by atoms with Crippen molar-refractivity contribution < 1.29 is 0 Å². The molecule has 0 fully saturated rings. The number of aromatic nitrogens is 4. The van der Waals surface area contributed by atoms with Gasteiger partial charge in [0.1, 0.15) is 11.0 Å². The molecule has 0 saturated heterocycles. The Bertz CT molecular complexity index is 2830. The Morgan fingerprint density at radius 3 is 1.76 bits per heavy atom. The Balaban J connectivity index is 1.24. The summed E-state index contributed by atoms with van der Waals surface area (Å²) in [6.45, 7) is 0. The maximum atomic E-state index is 5.10. The van der Waals surface area contributed by atoms with E-state index < -0.39 is 0 Å². The molecule has 0 amide bonds. The minimum Gasteiger partial charge on any atom is -0.265 e. The second kappa shape index (κ2) is 11.0. The zero-order valence-electron chi connectivity index (χ0n) is 26.5. The highest BCUT2D eigenvalue weighted by Gasteiger charge is 2.20. The molecule has 0 radical (unpaired) electrons. The summed E-state index contributed by atoms with van der Waals surface area (Å²) in [4.78, 5) is 5.95. The molecular formula is C45H28N4. The average molecular weight is 625 g/mol. The van der Waals surface area contributed by atoms with Gasteiger partial charge in [0.2, 0.25) is 0 Å². The number of rotatable bonds is 4. The van der Waals surface area contributed by atoms with Gasteiger partial charge in [-0.2, -0.15) is 4.80 Å². The van der Waals surface area contributed by atoms with Crippen LogP contribution in [0.15, 0.2) is 170 Å². The van der Waals surface area contributed by atoms with Crippen LogP contribution in [-0.2, 0) is 0 Å². The first-order chi connectivity index (χ1) is 24.3. The highest BCUT2D eigenvalue weighted by atomic mass is 15.5. The summed E-state index contributed by atoms with van der Waals surface area (Å²) in [5.74, 6) is 0. The van der Waals surface area contributed by atoms with Gasteiger partial charge in [0, 0.05) is 17.8 Å². The van der Waals surface area contributed by atoms with Gasteiger partial charge in [0.05, 0.1) is 5.69 Å². The quantitative estimate of drug-likeness (QED) is 0.183. The molecule has 228 valence electrons. The van der Waals surface area contributed by atoms with Crippen molar-refractivity contribution in [2.75, 3.05) is 0 Å². The maximum absolute atomic E-state index is 5.10. The van der Waals surface area contributed by atoms with E-state index >= 15 is 0 Å². The van der Waals surface area contributed by atoms with E-state index in [0.717, 1.165) is 44.2 Å². The van der Waals surface area contributed by atoms with Crippen LogP contribution in [-0.4, -0.2) is 20.0 Å². The summed E-state index contributed by atoms with van der Waals surface area (Å²) in [6, 6.07) is 56.3. The molecule has 8 aromatic carbocycles. The standard InChI is InChI=1S/C45H28N4/c1-2-11-31-26-33(21-20-29(31)10-1)43-36-15-4-6-17-38(36)44(39-18-7-5-16-37(39)43)41-28-42-45(40-19-8-3-14-35(40)41)48-49(47-42)34-13-9-12-32(27-34)30-22-24-46-25-23-30/h1-28H. The monoisotopic (exact) mass is 624 g/mol. The van der Waals surface area contributed by atoms with E-state index in [0.29, 0.717) is 0 Å². The average Bonchev–Trinajstić information content (AvgIpc) is 3.62. The van der Waals surface area contributed by atoms with Gasteiger partial charge in [-0.25, -0.2) is 0 Å². The molecule has 0 aliphatic rings. The molecule has 10 aromatic rings. The first-order valence-electron chi connectivity index (χ1n) is 16.5. The van der Waals surface area contributed by atoms with Gasteiger partial charge < -0.3 is 0 Å². The highest BCUT2D eigenvalue weighted by molar-refractivity contribution is 6.25. The summed E-state index contributed by atoms with van der Waals surface area (Å²) in [7, 11) is 0. The molecular weight excluding hydrogens is 597 g/mol. The van der Waals surface area contributed by atoms with Crippen molar-refractivity contribution in [2.24, 2.45) is 0 Å². The smallest absolute Gasteiger partial charge is 0.121 e. The Hall–Kier alpha value is -6.65.